The average molecular weight is 445 g/mol. The lowest BCUT2D eigenvalue weighted by Crippen LogP contribution is -2.30. The first kappa shape index (κ1) is 22.2. The maximum absolute atomic E-state index is 12.7. The molecule has 1 saturated heterocycles. The highest BCUT2D eigenvalue weighted by atomic mass is 35.5. The number of nitrogens with zero attached hydrogens (tertiary/aromatic N) is 1. The molecule has 1 aliphatic rings. The maximum Gasteiger partial charge on any atom is 0.343 e. The minimum absolute atomic E-state index is 0.129. The van der Waals surface area contributed by atoms with Crippen molar-refractivity contribution in [2.24, 2.45) is 0 Å². The first-order valence-electron chi connectivity index (χ1n) is 9.46. The van der Waals surface area contributed by atoms with E-state index in [0.717, 1.165) is 10.5 Å². The van der Waals surface area contributed by atoms with Gasteiger partial charge in [0.1, 0.15) is 5.70 Å². The van der Waals surface area contributed by atoms with E-state index in [4.69, 9.17) is 21.1 Å². The minimum atomic E-state index is -0.520. The molecule has 0 aliphatic carbocycles. The van der Waals surface area contributed by atoms with Gasteiger partial charge in [-0.05, 0) is 48.4 Å². The standard InChI is InChI=1S/C22H21ClN2O6/c1-3-30-19-11-15(6-9-18(19)31-13-20(26)29-2)10-17-21(27)25(22(28)24-17)12-14-4-7-16(23)8-5-14/h4-11H,3,12-13H2,1-2H3,(H,24,28). The van der Waals surface area contributed by atoms with Gasteiger partial charge in [0.25, 0.3) is 5.91 Å². The van der Waals surface area contributed by atoms with Gasteiger partial charge >= 0.3 is 12.0 Å². The predicted molar refractivity (Wildman–Crippen MR) is 114 cm³/mol. The smallest absolute Gasteiger partial charge is 0.343 e. The third kappa shape index (κ3) is 5.55. The predicted octanol–water partition coefficient (Wildman–Crippen LogP) is 3.38. The summed E-state index contributed by atoms with van der Waals surface area (Å²) in [6.45, 7) is 2.05. The summed E-state index contributed by atoms with van der Waals surface area (Å²) in [5.74, 6) is -0.200. The van der Waals surface area contributed by atoms with Crippen molar-refractivity contribution < 1.29 is 28.6 Å². The first-order valence-corrected chi connectivity index (χ1v) is 9.84. The molecule has 0 bridgehead atoms. The summed E-state index contributed by atoms with van der Waals surface area (Å²) in [5, 5.41) is 3.16. The van der Waals surface area contributed by atoms with Gasteiger partial charge in [-0.15, -0.1) is 0 Å². The number of carbonyl (C=O) groups excluding carboxylic acids is 3. The summed E-state index contributed by atoms with van der Waals surface area (Å²) in [6.07, 6.45) is 1.55. The fraction of sp³-hybridized carbons (Fsp3) is 0.227. The Morgan fingerprint density at radius 2 is 1.84 bits per heavy atom. The Labute approximate surface area is 184 Å². The van der Waals surface area contributed by atoms with Crippen LogP contribution in [0.1, 0.15) is 18.1 Å². The minimum Gasteiger partial charge on any atom is -0.490 e. The number of methoxy groups -OCH3 is 1. The van der Waals surface area contributed by atoms with Crippen LogP contribution in [0, 0.1) is 0 Å². The molecule has 0 spiro atoms. The van der Waals surface area contributed by atoms with Crippen molar-refractivity contribution >= 4 is 35.6 Å². The molecule has 1 fully saturated rings. The zero-order valence-corrected chi connectivity index (χ0v) is 17.8. The van der Waals surface area contributed by atoms with E-state index >= 15 is 0 Å². The Kier molecular flexibility index (Phi) is 7.15. The van der Waals surface area contributed by atoms with Crippen LogP contribution >= 0.6 is 11.6 Å². The highest BCUT2D eigenvalue weighted by Crippen LogP contribution is 2.30. The lowest BCUT2D eigenvalue weighted by atomic mass is 10.1. The molecule has 9 heteroatoms. The van der Waals surface area contributed by atoms with Crippen molar-refractivity contribution in [3.63, 3.8) is 0 Å². The summed E-state index contributed by atoms with van der Waals surface area (Å²) in [5.41, 5.74) is 1.54. The van der Waals surface area contributed by atoms with E-state index in [1.165, 1.54) is 7.11 Å². The monoisotopic (exact) mass is 444 g/mol. The maximum atomic E-state index is 12.7. The number of hydrogen-bond donors (Lipinski definition) is 1. The fourth-order valence-electron chi connectivity index (χ4n) is 2.85. The van der Waals surface area contributed by atoms with E-state index in [0.29, 0.717) is 28.7 Å². The Bertz CT molecular complexity index is 1020. The normalized spacial score (nSPS) is 14.5. The first-order chi connectivity index (χ1) is 14.9. The van der Waals surface area contributed by atoms with Crippen LogP contribution < -0.4 is 14.8 Å². The summed E-state index contributed by atoms with van der Waals surface area (Å²) < 4.78 is 15.6. The van der Waals surface area contributed by atoms with Crippen molar-refractivity contribution in [3.8, 4) is 11.5 Å². The number of halogens is 1. The van der Waals surface area contributed by atoms with Crippen LogP contribution in [0.4, 0.5) is 4.79 Å². The number of nitrogens with one attached hydrogen (secondary N) is 1. The second-order valence-corrected chi connectivity index (χ2v) is 6.95. The molecule has 0 saturated carbocycles. The van der Waals surface area contributed by atoms with Gasteiger partial charge in [-0.2, -0.15) is 0 Å². The van der Waals surface area contributed by atoms with E-state index in [2.05, 4.69) is 10.1 Å². The average Bonchev–Trinajstić information content (AvgIpc) is 3.02. The van der Waals surface area contributed by atoms with Crippen molar-refractivity contribution in [2.45, 2.75) is 13.5 Å². The molecule has 1 aliphatic heterocycles. The highest BCUT2D eigenvalue weighted by Gasteiger charge is 2.33. The molecule has 3 rings (SSSR count). The van der Waals surface area contributed by atoms with Crippen LogP contribution in [0.5, 0.6) is 11.5 Å². The molecule has 0 radical (unpaired) electrons. The molecule has 8 nitrogen and oxygen atoms in total. The van der Waals surface area contributed by atoms with Crippen LogP contribution in [0.15, 0.2) is 48.2 Å². The van der Waals surface area contributed by atoms with Crippen LogP contribution in [-0.4, -0.2) is 43.1 Å². The molecule has 0 atom stereocenters. The number of imide groups is 1. The molecular weight excluding hydrogens is 424 g/mol. The molecule has 0 unspecified atom stereocenters. The van der Waals surface area contributed by atoms with Gasteiger partial charge in [-0.3, -0.25) is 9.69 Å². The van der Waals surface area contributed by atoms with Gasteiger partial charge in [-0.25, -0.2) is 9.59 Å². The number of benzene rings is 2. The van der Waals surface area contributed by atoms with Crippen LogP contribution in [0.2, 0.25) is 5.02 Å². The Hall–Kier alpha value is -3.52. The SMILES string of the molecule is CCOc1cc(C=C2NC(=O)N(Cc3ccc(Cl)cc3)C2=O)ccc1OCC(=O)OC. The van der Waals surface area contributed by atoms with E-state index in [1.54, 1.807) is 48.5 Å². The molecule has 1 heterocycles. The third-order valence-corrected chi connectivity index (χ3v) is 4.62. The highest BCUT2D eigenvalue weighted by molar-refractivity contribution is 6.30. The van der Waals surface area contributed by atoms with Crippen molar-refractivity contribution in [1.82, 2.24) is 10.2 Å². The number of esters is 1. The Balaban J connectivity index is 1.77. The quantitative estimate of drug-likeness (QED) is 0.381. The summed E-state index contributed by atoms with van der Waals surface area (Å²) in [6, 6.07) is 11.4. The third-order valence-electron chi connectivity index (χ3n) is 4.37. The summed E-state index contributed by atoms with van der Waals surface area (Å²) >= 11 is 5.88. The summed E-state index contributed by atoms with van der Waals surface area (Å²) in [4.78, 5) is 37.4. The van der Waals surface area contributed by atoms with E-state index in [9.17, 15) is 14.4 Å². The van der Waals surface area contributed by atoms with E-state index in [1.807, 2.05) is 6.92 Å². The van der Waals surface area contributed by atoms with Gasteiger partial charge in [0.15, 0.2) is 18.1 Å². The van der Waals surface area contributed by atoms with Crippen molar-refractivity contribution in [1.29, 1.82) is 0 Å². The zero-order chi connectivity index (χ0) is 22.4. The summed E-state index contributed by atoms with van der Waals surface area (Å²) in [7, 11) is 1.27. The van der Waals surface area contributed by atoms with Gasteiger partial charge in [-0.1, -0.05) is 29.8 Å². The Morgan fingerprint density at radius 3 is 2.52 bits per heavy atom. The number of hydrogen-bond acceptors (Lipinski definition) is 6. The number of carbonyl (C=O) groups is 3. The van der Waals surface area contributed by atoms with Crippen molar-refractivity contribution in [2.75, 3.05) is 20.3 Å². The Morgan fingerprint density at radius 1 is 1.10 bits per heavy atom. The zero-order valence-electron chi connectivity index (χ0n) is 17.0. The van der Waals surface area contributed by atoms with Crippen molar-refractivity contribution in [3.05, 3.63) is 64.3 Å². The van der Waals surface area contributed by atoms with Gasteiger partial charge < -0.3 is 19.5 Å². The largest absolute Gasteiger partial charge is 0.490 e. The van der Waals surface area contributed by atoms with Gasteiger partial charge in [0.05, 0.1) is 20.3 Å². The van der Waals surface area contributed by atoms with Crippen LogP contribution in [0.3, 0.4) is 0 Å². The molecule has 2 aromatic carbocycles. The molecule has 2 aromatic rings. The lowest BCUT2D eigenvalue weighted by molar-refractivity contribution is -0.142. The lowest BCUT2D eigenvalue weighted by Gasteiger charge is -2.12. The topological polar surface area (TPSA) is 94.2 Å². The molecule has 3 amide bonds. The number of urea groups is 1. The second-order valence-electron chi connectivity index (χ2n) is 6.51. The second kappa shape index (κ2) is 9.99. The van der Waals surface area contributed by atoms with Gasteiger partial charge in [0, 0.05) is 5.02 Å². The molecular formula is C22H21ClN2O6. The fourth-order valence-corrected chi connectivity index (χ4v) is 2.98. The molecule has 1 N–H and O–H groups in total. The van der Waals surface area contributed by atoms with Crippen LogP contribution in [-0.2, 0) is 20.9 Å². The number of ether oxygens (including phenoxy) is 3. The van der Waals surface area contributed by atoms with E-state index < -0.39 is 17.9 Å². The molecule has 162 valence electrons. The van der Waals surface area contributed by atoms with Gasteiger partial charge in [0.2, 0.25) is 0 Å². The number of rotatable bonds is 8. The van der Waals surface area contributed by atoms with E-state index in [-0.39, 0.29) is 18.8 Å². The van der Waals surface area contributed by atoms with Crippen LogP contribution in [0.25, 0.3) is 6.08 Å². The molecule has 0 aromatic heterocycles. The number of amides is 3. The molecule has 31 heavy (non-hydrogen) atoms.